The van der Waals surface area contributed by atoms with E-state index in [-0.39, 0.29) is 22.9 Å². The van der Waals surface area contributed by atoms with Crippen molar-refractivity contribution in [1.82, 2.24) is 15.3 Å². The second kappa shape index (κ2) is 8.05. The van der Waals surface area contributed by atoms with Crippen LogP contribution in [0, 0.1) is 5.41 Å². The monoisotopic (exact) mass is 383 g/mol. The van der Waals surface area contributed by atoms with E-state index in [1.807, 2.05) is 29.6 Å². The summed E-state index contributed by atoms with van der Waals surface area (Å²) in [7, 11) is 0. The zero-order valence-electron chi connectivity index (χ0n) is 15.9. The normalized spacial score (nSPS) is 12.9. The molecule has 142 valence electrons. The van der Waals surface area contributed by atoms with Crippen molar-refractivity contribution < 1.29 is 4.79 Å². The van der Waals surface area contributed by atoms with Crippen LogP contribution in [0.25, 0.3) is 10.9 Å². The predicted molar refractivity (Wildman–Crippen MR) is 110 cm³/mol. The standard InChI is InChI=1S/C21H25N3O2S/c1-21(2,3)19(16-10-7-13-27-16)24-18(25)12-6-11-17-22-15-9-5-4-8-14(15)20(26)23-17/h4-5,7-10,13,19H,6,11-12H2,1-3H3,(H,24,25)(H,22,23,26). The second-order valence-electron chi connectivity index (χ2n) is 7.77. The first kappa shape index (κ1) is 19.3. The van der Waals surface area contributed by atoms with Gasteiger partial charge >= 0.3 is 0 Å². The van der Waals surface area contributed by atoms with Crippen LogP contribution in [0.15, 0.2) is 46.6 Å². The Bertz CT molecular complexity index is 971. The van der Waals surface area contributed by atoms with E-state index in [9.17, 15) is 9.59 Å². The number of H-pyrrole nitrogens is 1. The summed E-state index contributed by atoms with van der Waals surface area (Å²) in [5, 5.41) is 5.78. The fraction of sp³-hybridized carbons (Fsp3) is 0.381. The molecule has 1 unspecified atom stereocenters. The molecule has 2 aromatic heterocycles. The Labute approximate surface area is 162 Å². The van der Waals surface area contributed by atoms with Crippen molar-refractivity contribution in [1.29, 1.82) is 0 Å². The van der Waals surface area contributed by atoms with Gasteiger partial charge in [0, 0.05) is 17.7 Å². The van der Waals surface area contributed by atoms with Gasteiger partial charge in [-0.1, -0.05) is 39.0 Å². The molecule has 0 radical (unpaired) electrons. The van der Waals surface area contributed by atoms with Gasteiger partial charge in [-0.15, -0.1) is 11.3 Å². The molecule has 1 aromatic carbocycles. The van der Waals surface area contributed by atoms with Gasteiger partial charge in [-0.2, -0.15) is 0 Å². The molecule has 5 nitrogen and oxygen atoms in total. The van der Waals surface area contributed by atoms with Crippen molar-refractivity contribution in [3.63, 3.8) is 0 Å². The van der Waals surface area contributed by atoms with Crippen molar-refractivity contribution in [2.75, 3.05) is 0 Å². The highest BCUT2D eigenvalue weighted by Gasteiger charge is 2.28. The highest BCUT2D eigenvalue weighted by molar-refractivity contribution is 7.10. The highest BCUT2D eigenvalue weighted by Crippen LogP contribution is 2.35. The number of nitrogens with one attached hydrogen (secondary N) is 2. The summed E-state index contributed by atoms with van der Waals surface area (Å²) in [5.41, 5.74) is 0.489. The van der Waals surface area contributed by atoms with Crippen molar-refractivity contribution in [3.8, 4) is 0 Å². The molecule has 3 aromatic rings. The van der Waals surface area contributed by atoms with Gasteiger partial charge in [-0.25, -0.2) is 4.98 Å². The summed E-state index contributed by atoms with van der Waals surface area (Å²) >= 11 is 1.66. The van der Waals surface area contributed by atoms with Crippen LogP contribution in [0.5, 0.6) is 0 Å². The molecule has 3 rings (SSSR count). The third kappa shape index (κ3) is 4.83. The van der Waals surface area contributed by atoms with Gasteiger partial charge in [-0.05, 0) is 35.4 Å². The predicted octanol–water partition coefficient (Wildman–Crippen LogP) is 4.21. The van der Waals surface area contributed by atoms with Crippen LogP contribution >= 0.6 is 11.3 Å². The van der Waals surface area contributed by atoms with E-state index < -0.39 is 0 Å². The molecule has 2 N–H and O–H groups in total. The maximum Gasteiger partial charge on any atom is 0.258 e. The van der Waals surface area contributed by atoms with E-state index in [4.69, 9.17) is 0 Å². The number of aromatic amines is 1. The molecule has 1 amide bonds. The number of nitrogens with zero attached hydrogens (tertiary/aromatic N) is 1. The molecular formula is C21H25N3O2S. The fourth-order valence-corrected chi connectivity index (χ4v) is 4.09. The lowest BCUT2D eigenvalue weighted by atomic mass is 9.85. The highest BCUT2D eigenvalue weighted by atomic mass is 32.1. The minimum Gasteiger partial charge on any atom is -0.348 e. The molecule has 0 saturated carbocycles. The Morgan fingerprint density at radius 3 is 2.70 bits per heavy atom. The van der Waals surface area contributed by atoms with Crippen LogP contribution in [-0.4, -0.2) is 15.9 Å². The van der Waals surface area contributed by atoms with E-state index in [1.54, 1.807) is 17.4 Å². The van der Waals surface area contributed by atoms with Gasteiger partial charge in [0.15, 0.2) is 0 Å². The quantitative estimate of drug-likeness (QED) is 0.669. The van der Waals surface area contributed by atoms with Crippen LogP contribution in [0.2, 0.25) is 0 Å². The Balaban J connectivity index is 1.60. The van der Waals surface area contributed by atoms with E-state index >= 15 is 0 Å². The van der Waals surface area contributed by atoms with Crippen LogP contribution in [0.4, 0.5) is 0 Å². The number of carbonyl (C=O) groups excluding carboxylic acids is 1. The molecule has 0 fully saturated rings. The molecule has 0 aliphatic carbocycles. The van der Waals surface area contributed by atoms with Gasteiger partial charge in [-0.3, -0.25) is 9.59 Å². The lowest BCUT2D eigenvalue weighted by Crippen LogP contribution is -2.36. The lowest BCUT2D eigenvalue weighted by Gasteiger charge is -2.30. The van der Waals surface area contributed by atoms with Crippen LogP contribution in [0.3, 0.4) is 0 Å². The van der Waals surface area contributed by atoms with Crippen molar-refractivity contribution in [2.45, 2.75) is 46.1 Å². The van der Waals surface area contributed by atoms with Crippen molar-refractivity contribution in [2.24, 2.45) is 5.41 Å². The zero-order chi connectivity index (χ0) is 19.4. The number of benzene rings is 1. The first-order valence-corrected chi connectivity index (χ1v) is 10.0. The number of carbonyl (C=O) groups is 1. The van der Waals surface area contributed by atoms with E-state index in [0.717, 1.165) is 4.88 Å². The third-order valence-electron chi connectivity index (χ3n) is 4.48. The average Bonchev–Trinajstić information content (AvgIpc) is 3.13. The molecule has 27 heavy (non-hydrogen) atoms. The third-order valence-corrected chi connectivity index (χ3v) is 5.42. The first-order chi connectivity index (χ1) is 12.8. The number of aromatic nitrogens is 2. The van der Waals surface area contributed by atoms with Gasteiger partial charge in [0.25, 0.3) is 5.56 Å². The lowest BCUT2D eigenvalue weighted by molar-refractivity contribution is -0.122. The van der Waals surface area contributed by atoms with Crippen molar-refractivity contribution >= 4 is 28.1 Å². The molecule has 0 bridgehead atoms. The minimum atomic E-state index is -0.134. The molecule has 6 heteroatoms. The molecule has 1 atom stereocenters. The number of thiophene rings is 1. The summed E-state index contributed by atoms with van der Waals surface area (Å²) in [6.07, 6.45) is 1.59. The Kier molecular flexibility index (Phi) is 5.75. The van der Waals surface area contributed by atoms with E-state index in [0.29, 0.717) is 36.0 Å². The van der Waals surface area contributed by atoms with Gasteiger partial charge < -0.3 is 10.3 Å². The molecule has 2 heterocycles. The van der Waals surface area contributed by atoms with Crippen LogP contribution in [0.1, 0.15) is 50.4 Å². The number of rotatable bonds is 6. The Hall–Kier alpha value is -2.47. The summed E-state index contributed by atoms with van der Waals surface area (Å²) in [6.45, 7) is 6.38. The minimum absolute atomic E-state index is 0.0106. The topological polar surface area (TPSA) is 74.8 Å². The van der Waals surface area contributed by atoms with Crippen LogP contribution < -0.4 is 10.9 Å². The summed E-state index contributed by atoms with van der Waals surface area (Å²) in [5.74, 6) is 0.642. The van der Waals surface area contributed by atoms with Crippen LogP contribution in [-0.2, 0) is 11.2 Å². The maximum atomic E-state index is 12.5. The number of fused-ring (bicyclic) bond motifs is 1. The smallest absolute Gasteiger partial charge is 0.258 e. The number of para-hydroxylation sites is 1. The molecular weight excluding hydrogens is 358 g/mol. The second-order valence-corrected chi connectivity index (χ2v) is 8.74. The number of aryl methyl sites for hydroxylation is 1. The van der Waals surface area contributed by atoms with Gasteiger partial charge in [0.1, 0.15) is 5.82 Å². The average molecular weight is 384 g/mol. The first-order valence-electron chi connectivity index (χ1n) is 9.15. The molecule has 0 spiro atoms. The summed E-state index contributed by atoms with van der Waals surface area (Å²) < 4.78 is 0. The van der Waals surface area contributed by atoms with E-state index in [1.165, 1.54) is 0 Å². The SMILES string of the molecule is CC(C)(C)C(NC(=O)CCCc1nc2ccccc2c(=O)[nH]1)c1cccs1. The van der Waals surface area contributed by atoms with Gasteiger partial charge in [0.05, 0.1) is 16.9 Å². The maximum absolute atomic E-state index is 12.5. The number of hydrogen-bond donors (Lipinski definition) is 2. The molecule has 0 saturated heterocycles. The van der Waals surface area contributed by atoms with Gasteiger partial charge in [0.2, 0.25) is 5.91 Å². The largest absolute Gasteiger partial charge is 0.348 e. The zero-order valence-corrected chi connectivity index (χ0v) is 16.7. The van der Waals surface area contributed by atoms with Crippen molar-refractivity contribution in [3.05, 3.63) is 62.8 Å². The number of hydrogen-bond acceptors (Lipinski definition) is 4. The molecule has 0 aliphatic heterocycles. The summed E-state index contributed by atoms with van der Waals surface area (Å²) in [6, 6.07) is 11.3. The fourth-order valence-electron chi connectivity index (χ4n) is 3.07. The Morgan fingerprint density at radius 2 is 2.00 bits per heavy atom. The number of amides is 1. The van der Waals surface area contributed by atoms with E-state index in [2.05, 4.69) is 42.1 Å². The summed E-state index contributed by atoms with van der Waals surface area (Å²) in [4.78, 5) is 33.0. The molecule has 0 aliphatic rings. The Morgan fingerprint density at radius 1 is 1.22 bits per heavy atom.